The number of rotatable bonds is 5. The van der Waals surface area contributed by atoms with E-state index in [-0.39, 0.29) is 30.7 Å². The van der Waals surface area contributed by atoms with E-state index in [1.807, 2.05) is 60.8 Å². The summed E-state index contributed by atoms with van der Waals surface area (Å²) in [5.74, 6) is 0.827. The van der Waals surface area contributed by atoms with Crippen molar-refractivity contribution < 1.29 is 4.79 Å². The van der Waals surface area contributed by atoms with Gasteiger partial charge in [-0.3, -0.25) is 4.79 Å². The number of aromatic nitrogens is 2. The maximum absolute atomic E-state index is 12.4. The van der Waals surface area contributed by atoms with Crippen LogP contribution in [0.2, 0.25) is 0 Å². The number of nitrogens with two attached hydrogens (primary N) is 1. The normalized spacial score (nSPS) is 13.4. The highest BCUT2D eigenvalue weighted by Gasteiger charge is 2.16. The van der Waals surface area contributed by atoms with Gasteiger partial charge in [0.25, 0.3) is 0 Å². The van der Waals surface area contributed by atoms with Crippen LogP contribution >= 0.6 is 24.8 Å². The molecule has 1 unspecified atom stereocenters. The standard InChI is InChI=1S/C22H24N4O.2ClH/c23-20(14-16-6-2-1-3-7-16)22(27)25-18-11-9-17(10-12-18)21-24-15-19-8-4-5-13-26(19)21;;/h1-3,6-7,9-12,15,20H,4-5,8,13-14,23H2,(H,25,27);2*1H. The number of imidazole rings is 1. The molecule has 0 radical (unpaired) electrons. The minimum absolute atomic E-state index is 0. The van der Waals surface area contributed by atoms with Gasteiger partial charge in [0, 0.05) is 29.7 Å². The second kappa shape index (κ2) is 10.4. The van der Waals surface area contributed by atoms with Crippen molar-refractivity contribution in [1.29, 1.82) is 0 Å². The monoisotopic (exact) mass is 432 g/mol. The third kappa shape index (κ3) is 5.38. The zero-order chi connectivity index (χ0) is 18.6. The van der Waals surface area contributed by atoms with Crippen LogP contribution in [0.25, 0.3) is 11.4 Å². The van der Waals surface area contributed by atoms with Crippen molar-refractivity contribution in [3.63, 3.8) is 0 Å². The fourth-order valence-corrected chi connectivity index (χ4v) is 3.56. The Kier molecular flexibility index (Phi) is 8.26. The first-order chi connectivity index (χ1) is 13.2. The van der Waals surface area contributed by atoms with E-state index < -0.39 is 6.04 Å². The Morgan fingerprint density at radius 2 is 1.79 bits per heavy atom. The number of hydrogen-bond acceptors (Lipinski definition) is 3. The Hall–Kier alpha value is -2.34. The number of nitrogens with one attached hydrogen (secondary N) is 1. The molecule has 2 aromatic carbocycles. The lowest BCUT2D eigenvalue weighted by atomic mass is 10.1. The fraction of sp³-hybridized carbons (Fsp3) is 0.273. The van der Waals surface area contributed by atoms with Crippen LogP contribution in [0.3, 0.4) is 0 Å². The Balaban J connectivity index is 0.00000150. The van der Waals surface area contributed by atoms with Crippen LogP contribution in [0.5, 0.6) is 0 Å². The van der Waals surface area contributed by atoms with Crippen molar-refractivity contribution in [1.82, 2.24) is 9.55 Å². The van der Waals surface area contributed by atoms with Crippen LogP contribution in [-0.4, -0.2) is 21.5 Å². The number of amides is 1. The lowest BCUT2D eigenvalue weighted by molar-refractivity contribution is -0.117. The van der Waals surface area contributed by atoms with Gasteiger partial charge in [-0.25, -0.2) is 4.98 Å². The molecule has 2 heterocycles. The van der Waals surface area contributed by atoms with Gasteiger partial charge in [-0.2, -0.15) is 0 Å². The van der Waals surface area contributed by atoms with Crippen molar-refractivity contribution in [2.45, 2.75) is 38.3 Å². The molecular weight excluding hydrogens is 407 g/mol. The van der Waals surface area contributed by atoms with E-state index in [4.69, 9.17) is 5.73 Å². The quantitative estimate of drug-likeness (QED) is 0.632. The average molecular weight is 433 g/mol. The molecule has 3 N–H and O–H groups in total. The Bertz CT molecular complexity index is 926. The van der Waals surface area contributed by atoms with Crippen LogP contribution in [0.1, 0.15) is 24.1 Å². The molecule has 154 valence electrons. The third-order valence-electron chi connectivity index (χ3n) is 5.05. The fourth-order valence-electron chi connectivity index (χ4n) is 3.56. The number of benzene rings is 2. The molecule has 1 amide bonds. The molecule has 4 rings (SSSR count). The summed E-state index contributed by atoms with van der Waals surface area (Å²) in [6.07, 6.45) is 6.03. The summed E-state index contributed by atoms with van der Waals surface area (Å²) >= 11 is 0. The molecule has 5 nitrogen and oxygen atoms in total. The van der Waals surface area contributed by atoms with Gasteiger partial charge in [-0.15, -0.1) is 24.8 Å². The number of aryl methyl sites for hydroxylation is 1. The number of carbonyl (C=O) groups is 1. The highest BCUT2D eigenvalue weighted by atomic mass is 35.5. The highest BCUT2D eigenvalue weighted by molar-refractivity contribution is 5.95. The summed E-state index contributed by atoms with van der Waals surface area (Å²) in [6.45, 7) is 1.03. The zero-order valence-corrected chi connectivity index (χ0v) is 17.7. The van der Waals surface area contributed by atoms with E-state index in [0.29, 0.717) is 6.42 Å². The first-order valence-electron chi connectivity index (χ1n) is 9.46. The zero-order valence-electron chi connectivity index (χ0n) is 16.1. The summed E-state index contributed by atoms with van der Waals surface area (Å²) in [5, 5.41) is 2.91. The summed E-state index contributed by atoms with van der Waals surface area (Å²) in [4.78, 5) is 17.0. The van der Waals surface area contributed by atoms with Crippen molar-refractivity contribution in [3.8, 4) is 11.4 Å². The summed E-state index contributed by atoms with van der Waals surface area (Å²) in [6, 6.07) is 17.1. The molecule has 0 saturated heterocycles. The third-order valence-corrected chi connectivity index (χ3v) is 5.05. The topological polar surface area (TPSA) is 72.9 Å². The maximum atomic E-state index is 12.4. The maximum Gasteiger partial charge on any atom is 0.241 e. The molecule has 7 heteroatoms. The molecule has 1 atom stereocenters. The van der Waals surface area contributed by atoms with Crippen LogP contribution in [0, 0.1) is 0 Å². The smallest absolute Gasteiger partial charge is 0.241 e. The molecule has 1 aromatic heterocycles. The Labute approximate surface area is 183 Å². The van der Waals surface area contributed by atoms with Crippen LogP contribution < -0.4 is 11.1 Å². The second-order valence-electron chi connectivity index (χ2n) is 7.04. The molecule has 1 aliphatic rings. The number of anilines is 1. The van der Waals surface area contributed by atoms with Gasteiger partial charge in [0.1, 0.15) is 5.82 Å². The molecule has 0 aliphatic carbocycles. The minimum Gasteiger partial charge on any atom is -0.328 e. The average Bonchev–Trinajstić information content (AvgIpc) is 3.13. The van der Waals surface area contributed by atoms with Crippen LogP contribution in [0.4, 0.5) is 5.69 Å². The minimum atomic E-state index is -0.577. The molecular formula is C22H26Cl2N4O. The summed E-state index contributed by atoms with van der Waals surface area (Å²) < 4.78 is 2.30. The number of halogens is 2. The number of hydrogen-bond donors (Lipinski definition) is 2. The van der Waals surface area contributed by atoms with Gasteiger partial charge >= 0.3 is 0 Å². The molecule has 0 fully saturated rings. The van der Waals surface area contributed by atoms with Gasteiger partial charge in [0.2, 0.25) is 5.91 Å². The van der Waals surface area contributed by atoms with Crippen molar-refractivity contribution in [2.24, 2.45) is 5.73 Å². The van der Waals surface area contributed by atoms with Crippen molar-refractivity contribution in [3.05, 3.63) is 72.1 Å². The summed E-state index contributed by atoms with van der Waals surface area (Å²) in [5.41, 5.74) is 10.2. The molecule has 0 bridgehead atoms. The number of fused-ring (bicyclic) bond motifs is 1. The van der Waals surface area contributed by atoms with E-state index in [9.17, 15) is 4.79 Å². The van der Waals surface area contributed by atoms with Crippen molar-refractivity contribution in [2.75, 3.05) is 5.32 Å². The Morgan fingerprint density at radius 3 is 2.52 bits per heavy atom. The highest BCUT2D eigenvalue weighted by Crippen LogP contribution is 2.25. The van der Waals surface area contributed by atoms with E-state index >= 15 is 0 Å². The Morgan fingerprint density at radius 1 is 1.07 bits per heavy atom. The summed E-state index contributed by atoms with van der Waals surface area (Å²) in [7, 11) is 0. The molecule has 1 aliphatic heterocycles. The first kappa shape index (κ1) is 22.9. The van der Waals surface area contributed by atoms with E-state index in [1.54, 1.807) is 0 Å². The first-order valence-corrected chi connectivity index (χ1v) is 9.46. The second-order valence-corrected chi connectivity index (χ2v) is 7.04. The number of nitrogens with zero attached hydrogens (tertiary/aromatic N) is 2. The predicted molar refractivity (Wildman–Crippen MR) is 122 cm³/mol. The van der Waals surface area contributed by atoms with E-state index in [0.717, 1.165) is 35.6 Å². The van der Waals surface area contributed by atoms with Gasteiger partial charge in [-0.1, -0.05) is 30.3 Å². The van der Waals surface area contributed by atoms with Gasteiger partial charge in [-0.05, 0) is 55.5 Å². The lowest BCUT2D eigenvalue weighted by Crippen LogP contribution is -2.37. The van der Waals surface area contributed by atoms with E-state index in [2.05, 4.69) is 14.9 Å². The van der Waals surface area contributed by atoms with Crippen LogP contribution in [0.15, 0.2) is 60.8 Å². The SMILES string of the molecule is Cl.Cl.NC(Cc1ccccc1)C(=O)Nc1ccc(-c2ncc3n2CCCC3)cc1. The molecule has 0 saturated carbocycles. The van der Waals surface area contributed by atoms with Gasteiger partial charge in [0.15, 0.2) is 0 Å². The number of carbonyl (C=O) groups excluding carboxylic acids is 1. The van der Waals surface area contributed by atoms with Crippen molar-refractivity contribution >= 4 is 36.4 Å². The predicted octanol–water partition coefficient (Wildman–Crippen LogP) is 4.24. The molecule has 0 spiro atoms. The lowest BCUT2D eigenvalue weighted by Gasteiger charge is -2.17. The molecule has 3 aromatic rings. The van der Waals surface area contributed by atoms with Gasteiger partial charge in [0.05, 0.1) is 6.04 Å². The molecule has 29 heavy (non-hydrogen) atoms. The van der Waals surface area contributed by atoms with Crippen LogP contribution in [-0.2, 0) is 24.2 Å². The largest absolute Gasteiger partial charge is 0.328 e. The van der Waals surface area contributed by atoms with E-state index in [1.165, 1.54) is 18.5 Å². The van der Waals surface area contributed by atoms with Gasteiger partial charge < -0.3 is 15.6 Å².